The summed E-state index contributed by atoms with van der Waals surface area (Å²) in [6.07, 6.45) is 0. The van der Waals surface area contributed by atoms with E-state index in [1.165, 1.54) is 18.2 Å². The molecular weight excluding hydrogens is 331 g/mol. The number of halogens is 5. The number of rotatable bonds is 2. The molecule has 0 aliphatic heterocycles. The van der Waals surface area contributed by atoms with Crippen molar-refractivity contribution < 1.29 is 4.39 Å². The van der Waals surface area contributed by atoms with Crippen LogP contribution in [-0.2, 0) is 6.54 Å². The first-order valence-electron chi connectivity index (χ1n) is 5.27. The lowest BCUT2D eigenvalue weighted by atomic mass is 9.99. The fourth-order valence-electron chi connectivity index (χ4n) is 1.77. The molecule has 19 heavy (non-hydrogen) atoms. The summed E-state index contributed by atoms with van der Waals surface area (Å²) in [5, 5.41) is 0.935. The maximum atomic E-state index is 13.4. The summed E-state index contributed by atoms with van der Waals surface area (Å²) in [6, 6.07) is 5.65. The molecule has 6 heteroatoms. The van der Waals surface area contributed by atoms with Crippen LogP contribution in [0.5, 0.6) is 0 Å². The lowest BCUT2D eigenvalue weighted by Gasteiger charge is -2.14. The van der Waals surface area contributed by atoms with Crippen LogP contribution < -0.4 is 5.73 Å². The predicted molar refractivity (Wildman–Crippen MR) is 79.8 cm³/mol. The molecule has 2 N–H and O–H groups in total. The van der Waals surface area contributed by atoms with Crippen LogP contribution in [0, 0.1) is 5.82 Å². The lowest BCUT2D eigenvalue weighted by Crippen LogP contribution is -2.00. The molecule has 0 aliphatic carbocycles. The third-order valence-electron chi connectivity index (χ3n) is 2.67. The van der Waals surface area contributed by atoms with E-state index < -0.39 is 5.82 Å². The summed E-state index contributed by atoms with van der Waals surface area (Å²) in [7, 11) is 0. The maximum absolute atomic E-state index is 13.4. The second-order valence-electron chi connectivity index (χ2n) is 3.85. The molecule has 2 aromatic rings. The van der Waals surface area contributed by atoms with Gasteiger partial charge in [0.05, 0.1) is 20.1 Å². The molecule has 0 bridgehead atoms. The monoisotopic (exact) mass is 337 g/mol. The van der Waals surface area contributed by atoms with Gasteiger partial charge in [0.2, 0.25) is 0 Å². The van der Waals surface area contributed by atoms with Crippen molar-refractivity contribution in [3.8, 4) is 11.1 Å². The van der Waals surface area contributed by atoms with E-state index in [2.05, 4.69) is 0 Å². The molecule has 2 rings (SSSR count). The van der Waals surface area contributed by atoms with E-state index in [0.29, 0.717) is 16.7 Å². The SMILES string of the molecule is NCc1ccc(F)cc1-c1c(Cl)c(Cl)cc(Cl)c1Cl. The highest BCUT2D eigenvalue weighted by atomic mass is 35.5. The summed E-state index contributed by atoms with van der Waals surface area (Å²) >= 11 is 24.2. The van der Waals surface area contributed by atoms with Gasteiger partial charge in [0.25, 0.3) is 0 Å². The maximum Gasteiger partial charge on any atom is 0.123 e. The average Bonchev–Trinajstić information content (AvgIpc) is 2.37. The summed E-state index contributed by atoms with van der Waals surface area (Å²) in [6.45, 7) is 0.215. The molecular formula is C13H8Cl4FN. The van der Waals surface area contributed by atoms with Crippen molar-refractivity contribution in [2.75, 3.05) is 0 Å². The van der Waals surface area contributed by atoms with Gasteiger partial charge in [-0.05, 0) is 29.3 Å². The van der Waals surface area contributed by atoms with Crippen LogP contribution in [0.3, 0.4) is 0 Å². The first-order valence-corrected chi connectivity index (χ1v) is 6.78. The van der Waals surface area contributed by atoms with Crippen LogP contribution in [0.4, 0.5) is 4.39 Å². The van der Waals surface area contributed by atoms with Crippen molar-refractivity contribution in [3.63, 3.8) is 0 Å². The number of nitrogens with two attached hydrogens (primary N) is 1. The van der Waals surface area contributed by atoms with Crippen molar-refractivity contribution in [1.82, 2.24) is 0 Å². The summed E-state index contributed by atoms with van der Waals surface area (Å²) in [4.78, 5) is 0. The van der Waals surface area contributed by atoms with Gasteiger partial charge in [-0.25, -0.2) is 4.39 Å². The molecule has 2 aromatic carbocycles. The van der Waals surface area contributed by atoms with Gasteiger partial charge in [-0.2, -0.15) is 0 Å². The second kappa shape index (κ2) is 5.86. The summed E-state index contributed by atoms with van der Waals surface area (Å²) in [5.41, 5.74) is 7.21. The van der Waals surface area contributed by atoms with Crippen LogP contribution in [0.25, 0.3) is 11.1 Å². The standard InChI is InChI=1S/C13H8Cl4FN/c14-9-4-10(15)13(17)11(12(9)16)8-3-7(18)2-1-6(8)5-19/h1-4H,5,19H2. The third-order valence-corrected chi connectivity index (χ3v) is 4.25. The normalized spacial score (nSPS) is 10.8. The van der Waals surface area contributed by atoms with Crippen molar-refractivity contribution in [2.45, 2.75) is 6.54 Å². The van der Waals surface area contributed by atoms with E-state index in [4.69, 9.17) is 52.1 Å². The Kier molecular flexibility index (Phi) is 4.59. The number of benzene rings is 2. The molecule has 100 valence electrons. The molecule has 0 saturated heterocycles. The predicted octanol–water partition coefficient (Wildman–Crippen LogP) is 5.57. The molecule has 0 aromatic heterocycles. The highest BCUT2D eigenvalue weighted by Crippen LogP contribution is 2.44. The van der Waals surface area contributed by atoms with Gasteiger partial charge in [-0.15, -0.1) is 0 Å². The van der Waals surface area contributed by atoms with E-state index >= 15 is 0 Å². The Morgan fingerprint density at radius 3 is 2.05 bits per heavy atom. The van der Waals surface area contributed by atoms with Gasteiger partial charge in [0.1, 0.15) is 5.82 Å². The highest BCUT2D eigenvalue weighted by Gasteiger charge is 2.18. The van der Waals surface area contributed by atoms with Crippen LogP contribution in [-0.4, -0.2) is 0 Å². The third kappa shape index (κ3) is 2.83. The van der Waals surface area contributed by atoms with Crippen molar-refractivity contribution >= 4 is 46.4 Å². The minimum atomic E-state index is -0.421. The van der Waals surface area contributed by atoms with Crippen LogP contribution in [0.15, 0.2) is 24.3 Å². The van der Waals surface area contributed by atoms with Gasteiger partial charge < -0.3 is 5.73 Å². The molecule has 1 nitrogen and oxygen atoms in total. The van der Waals surface area contributed by atoms with E-state index in [9.17, 15) is 4.39 Å². The van der Waals surface area contributed by atoms with Crippen molar-refractivity contribution in [1.29, 1.82) is 0 Å². The Labute approximate surface area is 130 Å². The Bertz CT molecular complexity index is 617. The van der Waals surface area contributed by atoms with Crippen LogP contribution in [0.2, 0.25) is 20.1 Å². The topological polar surface area (TPSA) is 26.0 Å². The minimum Gasteiger partial charge on any atom is -0.326 e. The number of hydrogen-bond acceptors (Lipinski definition) is 1. The van der Waals surface area contributed by atoms with Gasteiger partial charge in [-0.3, -0.25) is 0 Å². The van der Waals surface area contributed by atoms with Gasteiger partial charge >= 0.3 is 0 Å². The Hall–Kier alpha value is -0.510. The first kappa shape index (κ1) is 14.9. The zero-order valence-electron chi connectivity index (χ0n) is 9.48. The van der Waals surface area contributed by atoms with Gasteiger partial charge in [-0.1, -0.05) is 52.5 Å². The molecule has 0 amide bonds. The van der Waals surface area contributed by atoms with E-state index in [1.807, 2.05) is 0 Å². The summed E-state index contributed by atoms with van der Waals surface area (Å²) < 4.78 is 13.4. The fourth-order valence-corrected chi connectivity index (χ4v) is 2.78. The molecule has 0 spiro atoms. The second-order valence-corrected chi connectivity index (χ2v) is 5.42. The Morgan fingerprint density at radius 1 is 0.947 bits per heavy atom. The zero-order valence-corrected chi connectivity index (χ0v) is 12.5. The molecule has 0 heterocycles. The van der Waals surface area contributed by atoms with E-state index in [-0.39, 0.29) is 26.6 Å². The van der Waals surface area contributed by atoms with E-state index in [0.717, 1.165) is 0 Å². The smallest absolute Gasteiger partial charge is 0.123 e. The van der Waals surface area contributed by atoms with Crippen molar-refractivity contribution in [2.24, 2.45) is 5.73 Å². The van der Waals surface area contributed by atoms with Crippen LogP contribution >= 0.6 is 46.4 Å². The summed E-state index contributed by atoms with van der Waals surface area (Å²) in [5.74, 6) is -0.421. The largest absolute Gasteiger partial charge is 0.326 e. The Balaban J connectivity index is 2.82. The zero-order chi connectivity index (χ0) is 14.2. The molecule has 0 fully saturated rings. The van der Waals surface area contributed by atoms with E-state index in [1.54, 1.807) is 6.07 Å². The average molecular weight is 339 g/mol. The first-order chi connectivity index (χ1) is 8.95. The Morgan fingerprint density at radius 2 is 1.53 bits per heavy atom. The highest BCUT2D eigenvalue weighted by molar-refractivity contribution is 6.50. The molecule has 0 radical (unpaired) electrons. The lowest BCUT2D eigenvalue weighted by molar-refractivity contribution is 0.627. The van der Waals surface area contributed by atoms with Gasteiger partial charge in [0, 0.05) is 12.1 Å². The fraction of sp³-hybridized carbons (Fsp3) is 0.0769. The molecule has 0 aliphatic rings. The molecule has 0 saturated carbocycles. The molecule has 0 unspecified atom stereocenters. The van der Waals surface area contributed by atoms with Crippen molar-refractivity contribution in [3.05, 3.63) is 55.7 Å². The van der Waals surface area contributed by atoms with Crippen LogP contribution in [0.1, 0.15) is 5.56 Å². The molecule has 0 atom stereocenters. The van der Waals surface area contributed by atoms with Gasteiger partial charge in [0.15, 0.2) is 0 Å². The number of hydrogen-bond donors (Lipinski definition) is 1. The quantitative estimate of drug-likeness (QED) is 0.712. The minimum absolute atomic E-state index is 0.215.